The van der Waals surface area contributed by atoms with Crippen molar-refractivity contribution in [2.45, 2.75) is 51.7 Å². The molecule has 1 N–H and O–H groups in total. The third-order valence-electron chi connectivity index (χ3n) is 5.64. The monoisotopic (exact) mass is 455 g/mol. The summed E-state index contributed by atoms with van der Waals surface area (Å²) >= 11 is 0. The van der Waals surface area contributed by atoms with Crippen molar-refractivity contribution >= 4 is 35.7 Å². The number of hydrogen-bond donors (Lipinski definition) is 1. The SMILES string of the molecule is CN(C(=O)c1c(C=O)cccc1C1=CCN(C(=O)OC(C)(C)C)CC1)C1CCC(=O)NC1=O. The molecule has 2 aliphatic rings. The van der Waals surface area contributed by atoms with Crippen LogP contribution >= 0.6 is 0 Å². The van der Waals surface area contributed by atoms with Crippen LogP contribution in [0.3, 0.4) is 0 Å². The molecule has 0 radical (unpaired) electrons. The molecule has 4 amide bonds. The molecule has 0 aliphatic carbocycles. The third kappa shape index (κ3) is 5.47. The van der Waals surface area contributed by atoms with E-state index >= 15 is 0 Å². The lowest BCUT2D eigenvalue weighted by molar-refractivity contribution is -0.136. The predicted molar refractivity (Wildman–Crippen MR) is 120 cm³/mol. The second kappa shape index (κ2) is 9.56. The van der Waals surface area contributed by atoms with Crippen LogP contribution in [0.1, 0.15) is 66.3 Å². The van der Waals surface area contributed by atoms with Crippen molar-refractivity contribution in [3.8, 4) is 0 Å². The van der Waals surface area contributed by atoms with Crippen molar-refractivity contribution < 1.29 is 28.7 Å². The largest absolute Gasteiger partial charge is 0.444 e. The van der Waals surface area contributed by atoms with Gasteiger partial charge in [0.2, 0.25) is 11.8 Å². The minimum atomic E-state index is -0.800. The van der Waals surface area contributed by atoms with Gasteiger partial charge in [-0.2, -0.15) is 0 Å². The molecule has 9 heteroatoms. The maximum Gasteiger partial charge on any atom is 0.410 e. The first-order valence-corrected chi connectivity index (χ1v) is 10.9. The Morgan fingerprint density at radius 3 is 2.52 bits per heavy atom. The summed E-state index contributed by atoms with van der Waals surface area (Å²) in [6.45, 7) is 6.13. The number of amides is 4. The minimum absolute atomic E-state index is 0.141. The highest BCUT2D eigenvalue weighted by Gasteiger charge is 2.34. The van der Waals surface area contributed by atoms with Crippen LogP contribution in [0, 0.1) is 0 Å². The van der Waals surface area contributed by atoms with Gasteiger partial charge in [0.05, 0.1) is 5.56 Å². The van der Waals surface area contributed by atoms with Crippen molar-refractivity contribution in [2.24, 2.45) is 0 Å². The van der Waals surface area contributed by atoms with Gasteiger partial charge in [-0.1, -0.05) is 24.3 Å². The lowest BCUT2D eigenvalue weighted by Crippen LogP contribution is -2.53. The molecule has 1 unspecified atom stereocenters. The van der Waals surface area contributed by atoms with Crippen LogP contribution in [0.5, 0.6) is 0 Å². The molecule has 2 aliphatic heterocycles. The van der Waals surface area contributed by atoms with Gasteiger partial charge in [0.15, 0.2) is 6.29 Å². The molecule has 1 saturated heterocycles. The second-order valence-corrected chi connectivity index (χ2v) is 9.18. The average molecular weight is 456 g/mol. The average Bonchev–Trinajstić information content (AvgIpc) is 2.76. The Balaban J connectivity index is 1.87. The maximum absolute atomic E-state index is 13.4. The molecule has 176 valence electrons. The zero-order valence-electron chi connectivity index (χ0n) is 19.3. The molecule has 3 rings (SSSR count). The van der Waals surface area contributed by atoms with E-state index in [9.17, 15) is 24.0 Å². The number of nitrogens with one attached hydrogen (secondary N) is 1. The molecule has 1 atom stereocenters. The first kappa shape index (κ1) is 24.2. The zero-order chi connectivity index (χ0) is 24.3. The summed E-state index contributed by atoms with van der Waals surface area (Å²) in [6, 6.07) is 4.21. The van der Waals surface area contributed by atoms with Crippen LogP contribution < -0.4 is 5.32 Å². The number of piperidine rings is 1. The van der Waals surface area contributed by atoms with Gasteiger partial charge in [-0.05, 0) is 44.7 Å². The van der Waals surface area contributed by atoms with Gasteiger partial charge in [-0.25, -0.2) is 4.79 Å². The van der Waals surface area contributed by atoms with Gasteiger partial charge < -0.3 is 14.5 Å². The molecular weight excluding hydrogens is 426 g/mol. The number of carbonyl (C=O) groups is 5. The summed E-state index contributed by atoms with van der Waals surface area (Å²) in [5.41, 5.74) is 1.24. The summed E-state index contributed by atoms with van der Waals surface area (Å²) < 4.78 is 5.42. The van der Waals surface area contributed by atoms with E-state index in [0.717, 1.165) is 5.57 Å². The van der Waals surface area contributed by atoms with Gasteiger partial charge in [0.1, 0.15) is 11.6 Å². The summed E-state index contributed by atoms with van der Waals surface area (Å²) in [4.78, 5) is 64.1. The Labute approximate surface area is 192 Å². The van der Waals surface area contributed by atoms with Crippen molar-refractivity contribution in [1.82, 2.24) is 15.1 Å². The molecule has 1 fully saturated rings. The molecule has 33 heavy (non-hydrogen) atoms. The number of imide groups is 1. The Bertz CT molecular complexity index is 1020. The van der Waals surface area contributed by atoms with Gasteiger partial charge in [0, 0.05) is 32.1 Å². The molecule has 0 aromatic heterocycles. The molecule has 1 aromatic rings. The van der Waals surface area contributed by atoms with Gasteiger partial charge >= 0.3 is 6.09 Å². The molecule has 0 saturated carbocycles. The van der Waals surface area contributed by atoms with Crippen molar-refractivity contribution in [1.29, 1.82) is 0 Å². The van der Waals surface area contributed by atoms with E-state index in [1.807, 2.05) is 6.08 Å². The number of rotatable bonds is 4. The standard InChI is InChI=1S/C24H29N3O6/c1-24(2,3)33-23(32)27-12-10-15(11-13-27)17-7-5-6-16(14-28)20(17)22(31)26(4)18-8-9-19(29)25-21(18)30/h5-7,10,14,18H,8-9,11-13H2,1-4H3,(H,25,29,30). The zero-order valence-corrected chi connectivity index (χ0v) is 19.3. The van der Waals surface area contributed by atoms with Crippen LogP contribution in [0.2, 0.25) is 0 Å². The van der Waals surface area contributed by atoms with Crippen molar-refractivity contribution in [2.75, 3.05) is 20.1 Å². The number of nitrogens with zero attached hydrogens (tertiary/aromatic N) is 2. The Morgan fingerprint density at radius 2 is 1.94 bits per heavy atom. The summed E-state index contributed by atoms with van der Waals surface area (Å²) in [5, 5.41) is 2.25. The smallest absolute Gasteiger partial charge is 0.410 e. The lowest BCUT2D eigenvalue weighted by atomic mass is 9.91. The highest BCUT2D eigenvalue weighted by molar-refractivity contribution is 6.08. The van der Waals surface area contributed by atoms with Crippen LogP contribution in [-0.4, -0.2) is 71.7 Å². The summed E-state index contributed by atoms with van der Waals surface area (Å²) in [6.07, 6.45) is 2.89. The van der Waals surface area contributed by atoms with E-state index in [0.29, 0.717) is 31.4 Å². The van der Waals surface area contributed by atoms with E-state index in [-0.39, 0.29) is 29.9 Å². The Morgan fingerprint density at radius 1 is 1.21 bits per heavy atom. The van der Waals surface area contributed by atoms with Gasteiger partial charge in [-0.3, -0.25) is 24.5 Å². The number of benzene rings is 1. The van der Waals surface area contributed by atoms with Crippen LogP contribution in [0.25, 0.3) is 5.57 Å². The van der Waals surface area contributed by atoms with Gasteiger partial charge in [-0.15, -0.1) is 0 Å². The van der Waals surface area contributed by atoms with Gasteiger partial charge in [0.25, 0.3) is 5.91 Å². The number of likely N-dealkylation sites (N-methyl/N-ethyl adjacent to an activating group) is 1. The maximum atomic E-state index is 13.4. The normalized spacial score (nSPS) is 18.8. The first-order valence-electron chi connectivity index (χ1n) is 10.9. The Kier molecular flexibility index (Phi) is 7.00. The quantitative estimate of drug-likeness (QED) is 0.551. The fraction of sp³-hybridized carbons (Fsp3) is 0.458. The molecule has 2 heterocycles. The molecular formula is C24H29N3O6. The van der Waals surface area contributed by atoms with Crippen molar-refractivity contribution in [3.05, 3.63) is 41.0 Å². The van der Waals surface area contributed by atoms with E-state index < -0.39 is 29.6 Å². The predicted octanol–water partition coefficient (Wildman–Crippen LogP) is 2.40. The molecule has 0 bridgehead atoms. The second-order valence-electron chi connectivity index (χ2n) is 9.18. The Hall–Kier alpha value is -3.49. The van der Waals surface area contributed by atoms with Crippen LogP contribution in [0.15, 0.2) is 24.3 Å². The van der Waals surface area contributed by atoms with Crippen molar-refractivity contribution in [3.63, 3.8) is 0 Å². The summed E-state index contributed by atoms with van der Waals surface area (Å²) in [5.74, 6) is -1.37. The number of carbonyl (C=O) groups excluding carboxylic acids is 5. The third-order valence-corrected chi connectivity index (χ3v) is 5.64. The molecule has 9 nitrogen and oxygen atoms in total. The van der Waals surface area contributed by atoms with E-state index in [4.69, 9.17) is 4.74 Å². The highest BCUT2D eigenvalue weighted by Crippen LogP contribution is 2.29. The molecule has 1 aromatic carbocycles. The van der Waals surface area contributed by atoms with E-state index in [2.05, 4.69) is 5.32 Å². The first-order chi connectivity index (χ1) is 15.5. The molecule has 0 spiro atoms. The van der Waals surface area contributed by atoms with Crippen LogP contribution in [-0.2, 0) is 14.3 Å². The topological polar surface area (TPSA) is 113 Å². The fourth-order valence-corrected chi connectivity index (χ4v) is 3.95. The number of aldehydes is 1. The minimum Gasteiger partial charge on any atom is -0.444 e. The number of ether oxygens (including phenoxy) is 1. The van der Waals surface area contributed by atoms with Crippen LogP contribution in [0.4, 0.5) is 4.79 Å². The van der Waals surface area contributed by atoms with E-state index in [1.54, 1.807) is 43.9 Å². The van der Waals surface area contributed by atoms with E-state index in [1.165, 1.54) is 11.9 Å². The highest BCUT2D eigenvalue weighted by atomic mass is 16.6. The lowest BCUT2D eigenvalue weighted by Gasteiger charge is -2.32. The summed E-state index contributed by atoms with van der Waals surface area (Å²) in [7, 11) is 1.49. The fourth-order valence-electron chi connectivity index (χ4n) is 3.95. The number of hydrogen-bond acceptors (Lipinski definition) is 6.